The number of benzene rings is 1. The number of carbonyl (C=O) groups is 1. The predicted octanol–water partition coefficient (Wildman–Crippen LogP) is 2.02. The Morgan fingerprint density at radius 1 is 1.29 bits per heavy atom. The van der Waals surface area contributed by atoms with E-state index in [2.05, 4.69) is 46.7 Å². The highest BCUT2D eigenvalue weighted by Crippen LogP contribution is 2.27. The number of rotatable bonds is 10. The van der Waals surface area contributed by atoms with Crippen molar-refractivity contribution < 1.29 is 4.79 Å². The topological polar surface area (TPSA) is 44.4 Å². The van der Waals surface area contributed by atoms with E-state index in [0.717, 1.165) is 38.5 Å². The number of nitrogens with one attached hydrogen (secondary N) is 2. The van der Waals surface area contributed by atoms with E-state index in [0.29, 0.717) is 6.54 Å². The fourth-order valence-corrected chi connectivity index (χ4v) is 2.38. The number of anilines is 1. The highest BCUT2D eigenvalue weighted by molar-refractivity contribution is 5.77. The van der Waals surface area contributed by atoms with Crippen molar-refractivity contribution in [1.29, 1.82) is 0 Å². The van der Waals surface area contributed by atoms with Gasteiger partial charge in [0.15, 0.2) is 0 Å². The average molecular weight is 289 g/mol. The summed E-state index contributed by atoms with van der Waals surface area (Å²) in [5.41, 5.74) is 1.25. The lowest BCUT2D eigenvalue weighted by Gasteiger charge is -2.23. The first-order chi connectivity index (χ1) is 10.3. The Morgan fingerprint density at radius 2 is 2.05 bits per heavy atom. The molecule has 1 aliphatic carbocycles. The van der Waals surface area contributed by atoms with E-state index >= 15 is 0 Å². The zero-order valence-electron chi connectivity index (χ0n) is 13.0. The molecule has 1 aromatic carbocycles. The number of nitrogens with zero attached hydrogens (tertiary/aromatic N) is 1. The highest BCUT2D eigenvalue weighted by atomic mass is 16.1. The van der Waals surface area contributed by atoms with Gasteiger partial charge in [0.1, 0.15) is 0 Å². The van der Waals surface area contributed by atoms with Gasteiger partial charge in [0.05, 0.1) is 6.54 Å². The maximum absolute atomic E-state index is 11.6. The average Bonchev–Trinajstić information content (AvgIpc) is 3.32. The largest absolute Gasteiger partial charge is 0.372 e. The van der Waals surface area contributed by atoms with Gasteiger partial charge in [0.2, 0.25) is 5.91 Å². The van der Waals surface area contributed by atoms with Crippen LogP contribution in [0.3, 0.4) is 0 Å². The minimum atomic E-state index is 0.110. The lowest BCUT2D eigenvalue weighted by Crippen LogP contribution is -2.36. The molecule has 2 rings (SSSR count). The number of amides is 1. The van der Waals surface area contributed by atoms with Crippen LogP contribution in [-0.2, 0) is 4.79 Å². The Bertz CT molecular complexity index is 417. The zero-order valence-corrected chi connectivity index (χ0v) is 13.0. The molecule has 21 heavy (non-hydrogen) atoms. The maximum atomic E-state index is 11.6. The number of carbonyl (C=O) groups excluding carboxylic acids is 1. The summed E-state index contributed by atoms with van der Waals surface area (Å²) in [5, 5.41) is 6.19. The molecule has 1 aliphatic rings. The van der Waals surface area contributed by atoms with Crippen molar-refractivity contribution in [2.24, 2.45) is 5.92 Å². The van der Waals surface area contributed by atoms with E-state index in [1.165, 1.54) is 18.5 Å². The Morgan fingerprint density at radius 3 is 2.71 bits per heavy atom. The smallest absolute Gasteiger partial charge is 0.233 e. The van der Waals surface area contributed by atoms with E-state index in [1.54, 1.807) is 0 Å². The molecule has 4 nitrogen and oxygen atoms in total. The van der Waals surface area contributed by atoms with Crippen LogP contribution in [0.4, 0.5) is 5.69 Å². The van der Waals surface area contributed by atoms with Gasteiger partial charge < -0.3 is 15.5 Å². The summed E-state index contributed by atoms with van der Waals surface area (Å²) in [4.78, 5) is 14.0. The van der Waals surface area contributed by atoms with Crippen LogP contribution < -0.4 is 15.5 Å². The van der Waals surface area contributed by atoms with Crippen molar-refractivity contribution in [2.45, 2.75) is 26.2 Å². The summed E-state index contributed by atoms with van der Waals surface area (Å²) < 4.78 is 0. The Balaban J connectivity index is 1.56. The van der Waals surface area contributed by atoms with Crippen molar-refractivity contribution in [2.75, 3.05) is 37.6 Å². The molecule has 116 valence electrons. The first kappa shape index (κ1) is 15.8. The molecule has 0 bridgehead atoms. The molecule has 0 saturated heterocycles. The van der Waals surface area contributed by atoms with Crippen molar-refractivity contribution in [3.8, 4) is 0 Å². The van der Waals surface area contributed by atoms with Crippen LogP contribution >= 0.6 is 0 Å². The van der Waals surface area contributed by atoms with Gasteiger partial charge in [-0.1, -0.05) is 18.2 Å². The molecule has 1 aromatic rings. The molecule has 0 heterocycles. The Hall–Kier alpha value is -1.55. The quantitative estimate of drug-likeness (QED) is 0.648. The number of hydrogen-bond donors (Lipinski definition) is 2. The van der Waals surface area contributed by atoms with Crippen molar-refractivity contribution >= 4 is 11.6 Å². The fraction of sp³-hybridized carbons (Fsp3) is 0.588. The molecule has 0 aliphatic heterocycles. The molecule has 0 unspecified atom stereocenters. The van der Waals surface area contributed by atoms with Crippen molar-refractivity contribution in [1.82, 2.24) is 10.6 Å². The van der Waals surface area contributed by atoms with Crippen molar-refractivity contribution in [3.05, 3.63) is 30.3 Å². The molecule has 0 radical (unpaired) electrons. The van der Waals surface area contributed by atoms with Gasteiger partial charge in [-0.05, 0) is 50.8 Å². The molecule has 0 atom stereocenters. The molecule has 1 amide bonds. The zero-order chi connectivity index (χ0) is 14.9. The van der Waals surface area contributed by atoms with E-state index in [9.17, 15) is 4.79 Å². The molecule has 1 fully saturated rings. The van der Waals surface area contributed by atoms with Gasteiger partial charge >= 0.3 is 0 Å². The summed E-state index contributed by atoms with van der Waals surface area (Å²) in [7, 11) is 0. The molecular formula is C17H27N3O. The lowest BCUT2D eigenvalue weighted by atomic mass is 10.2. The van der Waals surface area contributed by atoms with Crippen LogP contribution in [0.25, 0.3) is 0 Å². The van der Waals surface area contributed by atoms with Gasteiger partial charge in [-0.15, -0.1) is 0 Å². The third-order valence-corrected chi connectivity index (χ3v) is 3.85. The highest BCUT2D eigenvalue weighted by Gasteiger charge is 2.20. The second kappa shape index (κ2) is 8.67. The third kappa shape index (κ3) is 6.17. The lowest BCUT2D eigenvalue weighted by molar-refractivity contribution is -0.120. The second-order valence-corrected chi connectivity index (χ2v) is 5.69. The van der Waals surface area contributed by atoms with Crippen LogP contribution in [0, 0.1) is 5.92 Å². The van der Waals surface area contributed by atoms with E-state index in [1.807, 2.05) is 6.07 Å². The monoisotopic (exact) mass is 289 g/mol. The second-order valence-electron chi connectivity index (χ2n) is 5.69. The molecular weight excluding hydrogens is 262 g/mol. The number of hydrogen-bond acceptors (Lipinski definition) is 3. The van der Waals surface area contributed by atoms with Crippen LogP contribution in [0.15, 0.2) is 30.3 Å². The van der Waals surface area contributed by atoms with Gasteiger partial charge in [0, 0.05) is 25.3 Å². The molecule has 4 heteroatoms. The van der Waals surface area contributed by atoms with E-state index in [4.69, 9.17) is 0 Å². The fourth-order valence-electron chi connectivity index (χ4n) is 2.38. The first-order valence-corrected chi connectivity index (χ1v) is 8.07. The summed E-state index contributed by atoms with van der Waals surface area (Å²) >= 11 is 0. The summed E-state index contributed by atoms with van der Waals surface area (Å²) in [6.07, 6.45) is 3.61. The summed E-state index contributed by atoms with van der Waals surface area (Å²) in [5.74, 6) is 0.931. The van der Waals surface area contributed by atoms with Crippen LogP contribution in [0.5, 0.6) is 0 Å². The molecule has 0 aromatic heterocycles. The van der Waals surface area contributed by atoms with Crippen LogP contribution in [-0.4, -0.2) is 38.6 Å². The standard InChI is InChI=1S/C17H27N3O/c1-2-20(16-7-4-3-5-8-16)12-6-11-19-17(21)14-18-13-15-9-10-15/h3-5,7-8,15,18H,2,6,9-14H2,1H3,(H,19,21). The first-order valence-electron chi connectivity index (χ1n) is 8.07. The van der Waals surface area contributed by atoms with E-state index in [-0.39, 0.29) is 5.91 Å². The minimum Gasteiger partial charge on any atom is -0.372 e. The van der Waals surface area contributed by atoms with Crippen LogP contribution in [0.1, 0.15) is 26.2 Å². The molecule has 2 N–H and O–H groups in total. The van der Waals surface area contributed by atoms with Gasteiger partial charge in [-0.25, -0.2) is 0 Å². The van der Waals surface area contributed by atoms with Gasteiger partial charge in [-0.3, -0.25) is 4.79 Å². The van der Waals surface area contributed by atoms with Crippen molar-refractivity contribution in [3.63, 3.8) is 0 Å². The molecule has 1 saturated carbocycles. The van der Waals surface area contributed by atoms with Gasteiger partial charge in [0.25, 0.3) is 0 Å². The third-order valence-electron chi connectivity index (χ3n) is 3.85. The van der Waals surface area contributed by atoms with Gasteiger partial charge in [-0.2, -0.15) is 0 Å². The molecule has 0 spiro atoms. The Kier molecular flexibility index (Phi) is 6.54. The SMILES string of the molecule is CCN(CCCNC(=O)CNCC1CC1)c1ccccc1. The summed E-state index contributed by atoms with van der Waals surface area (Å²) in [6, 6.07) is 10.4. The minimum absolute atomic E-state index is 0.110. The van der Waals surface area contributed by atoms with Crippen LogP contribution in [0.2, 0.25) is 0 Å². The predicted molar refractivity (Wildman–Crippen MR) is 87.5 cm³/mol. The summed E-state index contributed by atoms with van der Waals surface area (Å²) in [6.45, 7) is 6.30. The number of para-hydroxylation sites is 1. The maximum Gasteiger partial charge on any atom is 0.233 e. The Labute approximate surface area is 127 Å². The van der Waals surface area contributed by atoms with E-state index < -0.39 is 0 Å². The normalized spacial score (nSPS) is 14.0.